The fourth-order valence-corrected chi connectivity index (χ4v) is 6.42. The highest BCUT2D eigenvalue weighted by atomic mass is 32.2. The van der Waals surface area contributed by atoms with E-state index in [0.717, 1.165) is 19.2 Å². The molecule has 2 aromatic rings. The molecule has 31 heavy (non-hydrogen) atoms. The maximum absolute atomic E-state index is 13.7. The first-order valence-electron chi connectivity index (χ1n) is 10.6. The van der Waals surface area contributed by atoms with Crippen LogP contribution in [-0.2, 0) is 14.8 Å². The van der Waals surface area contributed by atoms with Gasteiger partial charge in [0.25, 0.3) is 0 Å². The lowest BCUT2D eigenvalue weighted by Gasteiger charge is -2.35. The number of fused-ring (bicyclic) bond motifs is 1. The molecule has 2 aliphatic rings. The number of rotatable bonds is 5. The number of aromatic nitrogens is 1. The molecule has 4 rings (SSSR count). The molecule has 0 bridgehead atoms. The first-order chi connectivity index (χ1) is 14.9. The zero-order chi connectivity index (χ0) is 22.1. The SMILES string of the molecule is CCN1CC[C@]2(C(=O)Nc3cccnc3)CCN(S(=O)(=O)c3cccc(F)c3)CC[C@H]12. The number of amides is 1. The number of hydrogen-bond acceptors (Lipinski definition) is 5. The second kappa shape index (κ2) is 8.64. The number of carbonyl (C=O) groups excluding carboxylic acids is 1. The maximum atomic E-state index is 13.7. The van der Waals surface area contributed by atoms with E-state index in [4.69, 9.17) is 0 Å². The van der Waals surface area contributed by atoms with Gasteiger partial charge in [0.15, 0.2) is 0 Å². The Bertz CT molecular complexity index is 1050. The molecule has 2 atom stereocenters. The van der Waals surface area contributed by atoms with Crippen LogP contribution in [0.15, 0.2) is 53.7 Å². The third-order valence-electron chi connectivity index (χ3n) is 6.59. The van der Waals surface area contributed by atoms with Crippen molar-refractivity contribution in [3.8, 4) is 0 Å². The van der Waals surface area contributed by atoms with Crippen LogP contribution in [0, 0.1) is 11.2 Å². The van der Waals surface area contributed by atoms with E-state index in [9.17, 15) is 17.6 Å². The van der Waals surface area contributed by atoms with Crippen LogP contribution in [-0.4, -0.2) is 60.7 Å². The number of nitrogens with one attached hydrogen (secondary N) is 1. The number of likely N-dealkylation sites (tertiary alicyclic amines) is 1. The van der Waals surface area contributed by atoms with Crippen LogP contribution < -0.4 is 5.32 Å². The first kappa shape index (κ1) is 21.9. The standard InChI is InChI=1S/C22H27FN4O3S/c1-2-26-13-9-22(21(28)25-18-6-4-11-24-16-18)10-14-27(12-8-20(22)26)31(29,30)19-7-3-5-17(23)15-19/h3-7,11,15-16,20H,2,8-10,12-14H2,1H3,(H,25,28)/t20-,22-/m0/s1. The van der Waals surface area contributed by atoms with Gasteiger partial charge in [0, 0.05) is 25.3 Å². The minimum atomic E-state index is -3.84. The van der Waals surface area contributed by atoms with Gasteiger partial charge in [0.1, 0.15) is 5.82 Å². The van der Waals surface area contributed by atoms with Gasteiger partial charge in [-0.05, 0) is 62.7 Å². The topological polar surface area (TPSA) is 82.6 Å². The summed E-state index contributed by atoms with van der Waals surface area (Å²) < 4.78 is 41.4. The predicted molar refractivity (Wildman–Crippen MR) is 115 cm³/mol. The molecule has 1 amide bonds. The molecule has 9 heteroatoms. The normalized spacial score (nSPS) is 25.0. The Kier molecular flexibility index (Phi) is 6.09. The quantitative estimate of drug-likeness (QED) is 0.764. The first-order valence-corrected chi connectivity index (χ1v) is 12.0. The van der Waals surface area contributed by atoms with E-state index in [-0.39, 0.29) is 23.4 Å². The molecule has 0 aliphatic carbocycles. The summed E-state index contributed by atoms with van der Waals surface area (Å²) >= 11 is 0. The van der Waals surface area contributed by atoms with E-state index in [0.29, 0.717) is 31.5 Å². The van der Waals surface area contributed by atoms with Crippen molar-refractivity contribution >= 4 is 21.6 Å². The van der Waals surface area contributed by atoms with E-state index in [1.165, 1.54) is 22.5 Å². The Morgan fingerprint density at radius 3 is 2.74 bits per heavy atom. The highest BCUT2D eigenvalue weighted by Crippen LogP contribution is 2.45. The molecule has 0 spiro atoms. The van der Waals surface area contributed by atoms with Crippen molar-refractivity contribution in [2.45, 2.75) is 37.1 Å². The highest BCUT2D eigenvalue weighted by Gasteiger charge is 2.53. The molecule has 2 saturated heterocycles. The van der Waals surface area contributed by atoms with Crippen molar-refractivity contribution in [3.05, 3.63) is 54.6 Å². The van der Waals surface area contributed by atoms with E-state index in [2.05, 4.69) is 22.1 Å². The lowest BCUT2D eigenvalue weighted by Crippen LogP contribution is -2.47. The van der Waals surface area contributed by atoms with Crippen LogP contribution >= 0.6 is 0 Å². The number of sulfonamides is 1. The summed E-state index contributed by atoms with van der Waals surface area (Å²) in [4.78, 5) is 19.7. The fraction of sp³-hybridized carbons (Fsp3) is 0.455. The Morgan fingerprint density at radius 2 is 2.03 bits per heavy atom. The second-order valence-electron chi connectivity index (χ2n) is 8.15. The minimum Gasteiger partial charge on any atom is -0.324 e. The Balaban J connectivity index is 1.61. The molecule has 2 fully saturated rings. The summed E-state index contributed by atoms with van der Waals surface area (Å²) in [6, 6.07) is 8.58. The van der Waals surface area contributed by atoms with Gasteiger partial charge >= 0.3 is 0 Å². The Hall–Kier alpha value is -2.36. The maximum Gasteiger partial charge on any atom is 0.243 e. The summed E-state index contributed by atoms with van der Waals surface area (Å²) in [5, 5.41) is 2.99. The highest BCUT2D eigenvalue weighted by molar-refractivity contribution is 7.89. The lowest BCUT2D eigenvalue weighted by molar-refractivity contribution is -0.127. The average Bonchev–Trinajstić information content (AvgIpc) is 3.01. The van der Waals surface area contributed by atoms with Gasteiger partial charge in [-0.3, -0.25) is 14.7 Å². The molecule has 1 aromatic carbocycles. The Labute approximate surface area is 182 Å². The minimum absolute atomic E-state index is 0.0538. The van der Waals surface area contributed by atoms with Crippen LogP contribution in [0.25, 0.3) is 0 Å². The summed E-state index contributed by atoms with van der Waals surface area (Å²) in [6.45, 7) is 4.16. The molecule has 1 aromatic heterocycles. The van der Waals surface area contributed by atoms with Gasteiger partial charge in [0.05, 0.1) is 22.2 Å². The molecule has 1 N–H and O–H groups in total. The van der Waals surface area contributed by atoms with E-state index in [1.807, 2.05) is 0 Å². The van der Waals surface area contributed by atoms with E-state index >= 15 is 0 Å². The summed E-state index contributed by atoms with van der Waals surface area (Å²) in [5.41, 5.74) is -0.0537. The molecule has 0 unspecified atom stereocenters. The molecule has 0 saturated carbocycles. The summed E-state index contributed by atoms with van der Waals surface area (Å²) in [7, 11) is -3.84. The van der Waals surface area contributed by atoms with Gasteiger partial charge in [-0.2, -0.15) is 4.31 Å². The van der Waals surface area contributed by atoms with Gasteiger partial charge < -0.3 is 5.32 Å². The molecule has 166 valence electrons. The van der Waals surface area contributed by atoms with Crippen molar-refractivity contribution in [2.75, 3.05) is 31.5 Å². The molecule has 7 nitrogen and oxygen atoms in total. The molecular formula is C22H27FN4O3S. The van der Waals surface area contributed by atoms with Crippen LogP contribution in [0.1, 0.15) is 26.2 Å². The molecular weight excluding hydrogens is 419 g/mol. The Morgan fingerprint density at radius 1 is 1.23 bits per heavy atom. The van der Waals surface area contributed by atoms with E-state index in [1.54, 1.807) is 24.5 Å². The van der Waals surface area contributed by atoms with Crippen molar-refractivity contribution < 1.29 is 17.6 Å². The smallest absolute Gasteiger partial charge is 0.243 e. The van der Waals surface area contributed by atoms with Crippen LogP contribution in [0.4, 0.5) is 10.1 Å². The monoisotopic (exact) mass is 446 g/mol. The van der Waals surface area contributed by atoms with Crippen molar-refractivity contribution in [1.82, 2.24) is 14.2 Å². The largest absolute Gasteiger partial charge is 0.324 e. The fourth-order valence-electron chi connectivity index (χ4n) is 4.93. The number of carbonyl (C=O) groups is 1. The zero-order valence-electron chi connectivity index (χ0n) is 17.5. The van der Waals surface area contributed by atoms with Gasteiger partial charge in [0.2, 0.25) is 15.9 Å². The zero-order valence-corrected chi connectivity index (χ0v) is 18.3. The van der Waals surface area contributed by atoms with Gasteiger partial charge in [-0.15, -0.1) is 0 Å². The third-order valence-corrected chi connectivity index (χ3v) is 8.49. The van der Waals surface area contributed by atoms with Crippen LogP contribution in [0.5, 0.6) is 0 Å². The van der Waals surface area contributed by atoms with Crippen LogP contribution in [0.3, 0.4) is 0 Å². The average molecular weight is 447 g/mol. The van der Waals surface area contributed by atoms with Crippen molar-refractivity contribution in [1.29, 1.82) is 0 Å². The third kappa shape index (κ3) is 4.09. The predicted octanol–water partition coefficient (Wildman–Crippen LogP) is 2.72. The number of pyridine rings is 1. The lowest BCUT2D eigenvalue weighted by atomic mass is 9.75. The number of anilines is 1. The second-order valence-corrected chi connectivity index (χ2v) is 10.1. The van der Waals surface area contributed by atoms with Gasteiger partial charge in [-0.25, -0.2) is 12.8 Å². The molecule has 3 heterocycles. The van der Waals surface area contributed by atoms with Crippen molar-refractivity contribution in [3.63, 3.8) is 0 Å². The van der Waals surface area contributed by atoms with E-state index < -0.39 is 21.3 Å². The molecule has 2 aliphatic heterocycles. The summed E-state index contributed by atoms with van der Waals surface area (Å²) in [6.07, 6.45) is 4.88. The molecule has 0 radical (unpaired) electrons. The van der Waals surface area contributed by atoms with Crippen LogP contribution in [0.2, 0.25) is 0 Å². The number of halogens is 1. The number of benzene rings is 1. The van der Waals surface area contributed by atoms with Crippen molar-refractivity contribution in [2.24, 2.45) is 5.41 Å². The number of nitrogens with zero attached hydrogens (tertiary/aromatic N) is 3. The summed E-state index contributed by atoms with van der Waals surface area (Å²) in [5.74, 6) is -0.677. The van der Waals surface area contributed by atoms with Gasteiger partial charge in [-0.1, -0.05) is 13.0 Å². The number of hydrogen-bond donors (Lipinski definition) is 1.